The monoisotopic (exact) mass is 487 g/mol. The fraction of sp³-hybridized carbons (Fsp3) is 0.320. The smallest absolute Gasteiger partial charge is 0.336 e. The molecule has 0 spiro atoms. The summed E-state index contributed by atoms with van der Waals surface area (Å²) >= 11 is 6.19. The number of benzene rings is 2. The average molecular weight is 488 g/mol. The third-order valence-corrected chi connectivity index (χ3v) is 6.20. The van der Waals surface area contributed by atoms with Gasteiger partial charge in [-0.2, -0.15) is 0 Å². The number of carboxylic acids is 1. The van der Waals surface area contributed by atoms with Crippen LogP contribution in [-0.4, -0.2) is 41.1 Å². The van der Waals surface area contributed by atoms with Gasteiger partial charge in [-0.1, -0.05) is 11.6 Å². The lowest BCUT2D eigenvalue weighted by atomic mass is 9.94. The van der Waals surface area contributed by atoms with Gasteiger partial charge in [0, 0.05) is 48.2 Å². The van der Waals surface area contributed by atoms with Crippen LogP contribution in [0.15, 0.2) is 51.7 Å². The second kappa shape index (κ2) is 9.85. The molecule has 1 aliphatic rings. The van der Waals surface area contributed by atoms with Crippen molar-refractivity contribution in [2.75, 3.05) is 13.1 Å². The second-order valence-corrected chi connectivity index (χ2v) is 8.82. The molecule has 2 atom stereocenters. The van der Waals surface area contributed by atoms with Crippen molar-refractivity contribution in [2.45, 2.75) is 32.3 Å². The van der Waals surface area contributed by atoms with Gasteiger partial charge in [0.25, 0.3) is 5.91 Å². The van der Waals surface area contributed by atoms with Gasteiger partial charge in [-0.05, 0) is 56.0 Å². The van der Waals surface area contributed by atoms with Gasteiger partial charge in [-0.15, -0.1) is 0 Å². The molecule has 34 heavy (non-hydrogen) atoms. The highest BCUT2D eigenvalue weighted by Crippen LogP contribution is 2.34. The minimum atomic E-state index is -0.873. The molecule has 0 aliphatic carbocycles. The first-order valence-corrected chi connectivity index (χ1v) is 11.3. The lowest BCUT2D eigenvalue weighted by Gasteiger charge is -2.33. The summed E-state index contributed by atoms with van der Waals surface area (Å²) in [6.45, 7) is 2.56. The van der Waals surface area contributed by atoms with Crippen molar-refractivity contribution in [2.24, 2.45) is 5.92 Å². The third kappa shape index (κ3) is 5.22. The standard InChI is InChI=1S/C25H23ClFNO6/c1-14(25(32)28-8-2-3-15(13-28)9-23(29)30)33-17-5-7-19-20(12-24(31)34-22(19)11-17)18-6-4-16(27)10-21(18)26/h4-7,10-12,14-15H,2-3,8-9,13H2,1H3,(H,29,30)/t14-,15-/m1/s1. The van der Waals surface area contributed by atoms with E-state index in [1.165, 1.54) is 30.3 Å². The molecule has 178 valence electrons. The Bertz CT molecular complexity index is 1310. The van der Waals surface area contributed by atoms with E-state index in [1.807, 2.05) is 0 Å². The molecule has 0 unspecified atom stereocenters. The summed E-state index contributed by atoms with van der Waals surface area (Å²) < 4.78 is 24.6. The molecule has 1 fully saturated rings. The largest absolute Gasteiger partial charge is 0.481 e. The van der Waals surface area contributed by atoms with E-state index in [1.54, 1.807) is 24.0 Å². The summed E-state index contributed by atoms with van der Waals surface area (Å²) in [4.78, 5) is 37.7. The van der Waals surface area contributed by atoms with Crippen molar-refractivity contribution in [3.8, 4) is 16.9 Å². The van der Waals surface area contributed by atoms with Crippen molar-refractivity contribution < 1.29 is 28.2 Å². The van der Waals surface area contributed by atoms with E-state index in [4.69, 9.17) is 25.9 Å². The van der Waals surface area contributed by atoms with Crippen molar-refractivity contribution in [1.29, 1.82) is 0 Å². The summed E-state index contributed by atoms with van der Waals surface area (Å²) in [5.74, 6) is -1.34. The number of hydrogen-bond donors (Lipinski definition) is 1. The molecular weight excluding hydrogens is 465 g/mol. The van der Waals surface area contributed by atoms with Crippen LogP contribution in [0.3, 0.4) is 0 Å². The predicted octanol–water partition coefficient (Wildman–Crippen LogP) is 4.73. The number of hydrogen-bond acceptors (Lipinski definition) is 5. The van der Waals surface area contributed by atoms with Gasteiger partial charge in [0.1, 0.15) is 17.1 Å². The van der Waals surface area contributed by atoms with Crippen LogP contribution in [0.25, 0.3) is 22.1 Å². The molecule has 2 heterocycles. The molecule has 2 aromatic carbocycles. The van der Waals surface area contributed by atoms with Crippen LogP contribution in [-0.2, 0) is 9.59 Å². The summed E-state index contributed by atoms with van der Waals surface area (Å²) in [6.07, 6.45) is 0.729. The number of ether oxygens (including phenoxy) is 1. The van der Waals surface area contributed by atoms with Crippen LogP contribution in [0.2, 0.25) is 5.02 Å². The summed E-state index contributed by atoms with van der Waals surface area (Å²) in [5, 5.41) is 9.77. The first kappa shape index (κ1) is 23.8. The number of piperidine rings is 1. The van der Waals surface area contributed by atoms with Gasteiger partial charge >= 0.3 is 11.6 Å². The first-order chi connectivity index (χ1) is 16.2. The molecule has 1 N–H and O–H groups in total. The fourth-order valence-corrected chi connectivity index (χ4v) is 4.61. The number of nitrogens with zero attached hydrogens (tertiary/aromatic N) is 1. The van der Waals surface area contributed by atoms with E-state index in [0.29, 0.717) is 35.4 Å². The molecule has 9 heteroatoms. The number of fused-ring (bicyclic) bond motifs is 1. The Morgan fingerprint density at radius 1 is 1.24 bits per heavy atom. The SMILES string of the molecule is C[C@@H](Oc1ccc2c(-c3ccc(F)cc3Cl)cc(=O)oc2c1)C(=O)N1CCC[C@H](CC(=O)O)C1. The highest BCUT2D eigenvalue weighted by molar-refractivity contribution is 6.33. The van der Waals surface area contributed by atoms with Crippen LogP contribution in [0, 0.1) is 11.7 Å². The molecule has 0 radical (unpaired) electrons. The van der Waals surface area contributed by atoms with Gasteiger partial charge in [-0.25, -0.2) is 9.18 Å². The van der Waals surface area contributed by atoms with E-state index < -0.39 is 23.5 Å². The number of likely N-dealkylation sites (tertiary alicyclic amines) is 1. The molecule has 1 amide bonds. The molecule has 7 nitrogen and oxygen atoms in total. The van der Waals surface area contributed by atoms with Gasteiger partial charge < -0.3 is 19.2 Å². The van der Waals surface area contributed by atoms with Crippen LogP contribution in [0.1, 0.15) is 26.2 Å². The zero-order chi connectivity index (χ0) is 24.4. The van der Waals surface area contributed by atoms with Crippen LogP contribution < -0.4 is 10.4 Å². The summed E-state index contributed by atoms with van der Waals surface area (Å²) in [6, 6.07) is 10.1. The number of carboxylic acid groups (broad SMARTS) is 1. The Hall–Kier alpha value is -3.39. The molecule has 3 aromatic rings. The van der Waals surface area contributed by atoms with Gasteiger partial charge in [0.15, 0.2) is 6.10 Å². The average Bonchev–Trinajstić information content (AvgIpc) is 2.77. The molecule has 0 saturated carbocycles. The Kier molecular flexibility index (Phi) is 6.88. The lowest BCUT2D eigenvalue weighted by molar-refractivity contribution is -0.143. The maximum Gasteiger partial charge on any atom is 0.336 e. The molecular formula is C25H23ClFNO6. The van der Waals surface area contributed by atoms with Crippen molar-refractivity contribution in [3.05, 3.63) is 63.7 Å². The molecule has 1 saturated heterocycles. The number of carbonyl (C=O) groups excluding carboxylic acids is 1. The highest BCUT2D eigenvalue weighted by atomic mass is 35.5. The molecule has 1 aromatic heterocycles. The maximum atomic E-state index is 13.5. The van der Waals surface area contributed by atoms with E-state index >= 15 is 0 Å². The quantitative estimate of drug-likeness (QED) is 0.505. The minimum absolute atomic E-state index is 0.0309. The number of carbonyl (C=O) groups is 2. The number of rotatable bonds is 6. The Labute approximate surface area is 199 Å². The maximum absolute atomic E-state index is 13.5. The van der Waals surface area contributed by atoms with Gasteiger partial charge in [-0.3, -0.25) is 9.59 Å². The zero-order valence-corrected chi connectivity index (χ0v) is 19.2. The van der Waals surface area contributed by atoms with Crippen molar-refractivity contribution >= 4 is 34.4 Å². The van der Waals surface area contributed by atoms with Crippen LogP contribution in [0.5, 0.6) is 5.75 Å². The van der Waals surface area contributed by atoms with E-state index in [0.717, 1.165) is 12.8 Å². The molecule has 4 rings (SSSR count). The number of aliphatic carboxylic acids is 1. The summed E-state index contributed by atoms with van der Waals surface area (Å²) in [7, 11) is 0. The van der Waals surface area contributed by atoms with Crippen LogP contribution in [0.4, 0.5) is 4.39 Å². The second-order valence-electron chi connectivity index (χ2n) is 8.41. The van der Waals surface area contributed by atoms with Gasteiger partial charge in [0.05, 0.1) is 5.02 Å². The Morgan fingerprint density at radius 3 is 2.76 bits per heavy atom. The number of amides is 1. The number of halogens is 2. The van der Waals surface area contributed by atoms with Crippen molar-refractivity contribution in [1.82, 2.24) is 4.90 Å². The normalized spacial score (nSPS) is 16.9. The predicted molar refractivity (Wildman–Crippen MR) is 125 cm³/mol. The Morgan fingerprint density at radius 2 is 2.03 bits per heavy atom. The first-order valence-electron chi connectivity index (χ1n) is 10.9. The van der Waals surface area contributed by atoms with Gasteiger partial charge in [0.2, 0.25) is 0 Å². The van der Waals surface area contributed by atoms with Crippen LogP contribution >= 0.6 is 11.6 Å². The van der Waals surface area contributed by atoms with Crippen molar-refractivity contribution in [3.63, 3.8) is 0 Å². The van der Waals surface area contributed by atoms with E-state index in [-0.39, 0.29) is 28.9 Å². The lowest BCUT2D eigenvalue weighted by Crippen LogP contribution is -2.46. The highest BCUT2D eigenvalue weighted by Gasteiger charge is 2.29. The van der Waals surface area contributed by atoms with E-state index in [9.17, 15) is 18.8 Å². The molecule has 1 aliphatic heterocycles. The topological polar surface area (TPSA) is 97.0 Å². The Balaban J connectivity index is 1.55. The summed E-state index contributed by atoms with van der Waals surface area (Å²) in [5.41, 5.74) is 0.602. The minimum Gasteiger partial charge on any atom is -0.481 e. The van der Waals surface area contributed by atoms with E-state index in [2.05, 4.69) is 0 Å². The zero-order valence-electron chi connectivity index (χ0n) is 18.4. The molecule has 0 bridgehead atoms. The third-order valence-electron chi connectivity index (χ3n) is 5.89. The fourth-order valence-electron chi connectivity index (χ4n) is 4.34.